The monoisotopic (exact) mass is 335 g/mol. The van der Waals surface area contributed by atoms with Gasteiger partial charge in [0.15, 0.2) is 0 Å². The Hall–Kier alpha value is -1.34. The fourth-order valence-electron chi connectivity index (χ4n) is 2.04. The normalized spacial score (nSPS) is 12.9. The summed E-state index contributed by atoms with van der Waals surface area (Å²) in [6.45, 7) is 3.78. The van der Waals surface area contributed by atoms with E-state index in [1.807, 2.05) is 6.92 Å². The molecule has 0 aliphatic rings. The molecule has 118 valence electrons. The van der Waals surface area contributed by atoms with E-state index in [1.54, 1.807) is 13.0 Å². The van der Waals surface area contributed by atoms with Crippen LogP contribution < -0.4 is 4.74 Å². The van der Waals surface area contributed by atoms with E-state index in [2.05, 4.69) is 0 Å². The van der Waals surface area contributed by atoms with Crippen molar-refractivity contribution >= 4 is 25.4 Å². The summed E-state index contributed by atoms with van der Waals surface area (Å²) in [5.74, 6) is 0.133. The molecule has 1 aromatic rings. The maximum Gasteiger partial charge on any atom is 0.272 e. The van der Waals surface area contributed by atoms with Gasteiger partial charge in [-0.05, 0) is 25.5 Å². The lowest BCUT2D eigenvalue weighted by Crippen LogP contribution is -2.19. The molecule has 8 heteroatoms. The molecule has 0 N–H and O–H groups in total. The van der Waals surface area contributed by atoms with E-state index in [9.17, 15) is 18.5 Å². The van der Waals surface area contributed by atoms with Gasteiger partial charge in [0.25, 0.3) is 5.69 Å². The van der Waals surface area contributed by atoms with Crippen molar-refractivity contribution in [2.24, 2.45) is 5.92 Å². The van der Waals surface area contributed by atoms with Crippen LogP contribution in [-0.4, -0.2) is 25.7 Å². The quantitative estimate of drug-likeness (QED) is 0.413. The first-order chi connectivity index (χ1) is 9.73. The molecule has 0 spiro atoms. The van der Waals surface area contributed by atoms with Crippen LogP contribution >= 0.6 is 10.7 Å². The van der Waals surface area contributed by atoms with Gasteiger partial charge < -0.3 is 4.74 Å². The summed E-state index contributed by atoms with van der Waals surface area (Å²) in [7, 11) is 1.69. The summed E-state index contributed by atoms with van der Waals surface area (Å²) in [5, 5.41) is 10.7. The van der Waals surface area contributed by atoms with Crippen LogP contribution in [0.1, 0.15) is 25.3 Å². The fourth-order valence-corrected chi connectivity index (χ4v) is 3.40. The molecule has 0 aromatic heterocycles. The van der Waals surface area contributed by atoms with Crippen LogP contribution in [0.2, 0.25) is 0 Å². The lowest BCUT2D eigenvalue weighted by atomic mass is 10.1. The number of nitrogens with zero attached hydrogens (tertiary/aromatic N) is 1. The number of benzene rings is 1. The summed E-state index contributed by atoms with van der Waals surface area (Å²) in [4.78, 5) is 10.3. The van der Waals surface area contributed by atoms with Crippen LogP contribution in [0.25, 0.3) is 0 Å². The van der Waals surface area contributed by atoms with Crippen LogP contribution in [0.15, 0.2) is 18.2 Å². The summed E-state index contributed by atoms with van der Waals surface area (Å²) >= 11 is 0. The number of ether oxygens (including phenoxy) is 1. The van der Waals surface area contributed by atoms with Gasteiger partial charge in [0.2, 0.25) is 9.05 Å². The lowest BCUT2D eigenvalue weighted by Gasteiger charge is -2.15. The van der Waals surface area contributed by atoms with Crippen LogP contribution in [0.3, 0.4) is 0 Å². The second-order valence-electron chi connectivity index (χ2n) is 4.88. The number of halogens is 1. The van der Waals surface area contributed by atoms with Crippen molar-refractivity contribution in [1.82, 2.24) is 0 Å². The Morgan fingerprint density at radius 1 is 1.43 bits per heavy atom. The largest absolute Gasteiger partial charge is 0.493 e. The number of nitro benzene ring substituents is 1. The molecule has 1 aromatic carbocycles. The van der Waals surface area contributed by atoms with E-state index < -0.39 is 14.0 Å². The molecule has 0 amide bonds. The highest BCUT2D eigenvalue weighted by Crippen LogP contribution is 2.24. The Bertz CT molecular complexity index is 603. The molecule has 0 saturated carbocycles. The molecule has 0 aliphatic heterocycles. The molecule has 6 nitrogen and oxygen atoms in total. The van der Waals surface area contributed by atoms with E-state index in [0.717, 1.165) is 6.42 Å². The van der Waals surface area contributed by atoms with Gasteiger partial charge in [0.05, 0.1) is 17.3 Å². The highest BCUT2D eigenvalue weighted by Gasteiger charge is 2.18. The van der Waals surface area contributed by atoms with E-state index in [0.29, 0.717) is 17.7 Å². The molecular weight excluding hydrogens is 318 g/mol. The number of nitro groups is 1. The Morgan fingerprint density at radius 2 is 2.10 bits per heavy atom. The lowest BCUT2D eigenvalue weighted by molar-refractivity contribution is -0.385. The van der Waals surface area contributed by atoms with E-state index in [4.69, 9.17) is 15.4 Å². The van der Waals surface area contributed by atoms with Crippen LogP contribution in [0.5, 0.6) is 5.75 Å². The molecule has 0 heterocycles. The Balaban J connectivity index is 2.72. The van der Waals surface area contributed by atoms with Crippen molar-refractivity contribution in [3.05, 3.63) is 33.9 Å². The average molecular weight is 336 g/mol. The summed E-state index contributed by atoms with van der Waals surface area (Å²) in [6, 6.07) is 4.44. The van der Waals surface area contributed by atoms with Gasteiger partial charge in [0, 0.05) is 28.2 Å². The van der Waals surface area contributed by atoms with Crippen molar-refractivity contribution in [1.29, 1.82) is 0 Å². The molecule has 1 rings (SSSR count). The Morgan fingerprint density at radius 3 is 2.57 bits per heavy atom. The van der Waals surface area contributed by atoms with Gasteiger partial charge in [-0.25, -0.2) is 8.42 Å². The van der Waals surface area contributed by atoms with Crippen LogP contribution in [0, 0.1) is 23.0 Å². The fraction of sp³-hybridized carbons (Fsp3) is 0.538. The first kappa shape index (κ1) is 17.7. The van der Waals surface area contributed by atoms with E-state index in [1.165, 1.54) is 12.1 Å². The van der Waals surface area contributed by atoms with Crippen LogP contribution in [-0.2, 0) is 9.05 Å². The van der Waals surface area contributed by atoms with Crippen molar-refractivity contribution in [2.75, 3.05) is 12.4 Å². The molecule has 1 unspecified atom stereocenters. The summed E-state index contributed by atoms with van der Waals surface area (Å²) < 4.78 is 27.8. The van der Waals surface area contributed by atoms with Gasteiger partial charge in [-0.3, -0.25) is 10.1 Å². The van der Waals surface area contributed by atoms with Crippen LogP contribution in [0.4, 0.5) is 5.69 Å². The Kier molecular flexibility index (Phi) is 6.42. The molecule has 0 fully saturated rings. The average Bonchev–Trinajstić information content (AvgIpc) is 2.34. The van der Waals surface area contributed by atoms with Gasteiger partial charge in [-0.2, -0.15) is 0 Å². The third kappa shape index (κ3) is 6.31. The predicted octanol–water partition coefficient (Wildman–Crippen LogP) is 3.27. The van der Waals surface area contributed by atoms with E-state index in [-0.39, 0.29) is 24.0 Å². The van der Waals surface area contributed by atoms with Gasteiger partial charge in [-0.1, -0.05) is 13.3 Å². The maximum absolute atomic E-state index is 11.1. The molecule has 0 radical (unpaired) electrons. The topological polar surface area (TPSA) is 86.5 Å². The minimum Gasteiger partial charge on any atom is -0.493 e. The standard InChI is InChI=1S/C13H18ClNO5S/c1-3-4-11(9-21(14,18)19)8-20-12-5-6-13(15(16)17)10(2)7-12/h5-7,11H,3-4,8-9H2,1-2H3. The Labute approximate surface area is 128 Å². The van der Waals surface area contributed by atoms with Crippen molar-refractivity contribution in [2.45, 2.75) is 26.7 Å². The van der Waals surface area contributed by atoms with Gasteiger partial charge in [0.1, 0.15) is 5.75 Å². The minimum atomic E-state index is -3.57. The third-order valence-electron chi connectivity index (χ3n) is 2.98. The van der Waals surface area contributed by atoms with Crippen molar-refractivity contribution in [3.8, 4) is 5.75 Å². The third-order valence-corrected chi connectivity index (χ3v) is 4.23. The zero-order valence-electron chi connectivity index (χ0n) is 11.9. The number of hydrogen-bond acceptors (Lipinski definition) is 5. The zero-order valence-corrected chi connectivity index (χ0v) is 13.5. The second kappa shape index (κ2) is 7.61. The van der Waals surface area contributed by atoms with Gasteiger partial charge >= 0.3 is 0 Å². The summed E-state index contributed by atoms with van der Waals surface area (Å²) in [5.41, 5.74) is 0.519. The molecule has 0 saturated heterocycles. The SMILES string of the molecule is CCCC(COc1ccc([N+](=O)[O-])c(C)c1)CS(=O)(=O)Cl. The second-order valence-corrected chi connectivity index (χ2v) is 7.70. The summed E-state index contributed by atoms with van der Waals surface area (Å²) in [6.07, 6.45) is 1.50. The first-order valence-electron chi connectivity index (χ1n) is 6.53. The molecular formula is C13H18ClNO5S. The minimum absolute atomic E-state index is 0.0239. The van der Waals surface area contributed by atoms with Crippen molar-refractivity contribution < 1.29 is 18.1 Å². The molecule has 0 aliphatic carbocycles. The number of aryl methyl sites for hydroxylation is 1. The highest BCUT2D eigenvalue weighted by molar-refractivity contribution is 8.13. The first-order valence-corrected chi connectivity index (χ1v) is 9.01. The molecule has 0 bridgehead atoms. The molecule has 21 heavy (non-hydrogen) atoms. The highest BCUT2D eigenvalue weighted by atomic mass is 35.7. The number of rotatable bonds is 8. The van der Waals surface area contributed by atoms with E-state index >= 15 is 0 Å². The maximum atomic E-state index is 11.1. The smallest absolute Gasteiger partial charge is 0.272 e. The molecule has 1 atom stereocenters. The van der Waals surface area contributed by atoms with Crippen molar-refractivity contribution in [3.63, 3.8) is 0 Å². The predicted molar refractivity (Wildman–Crippen MR) is 81.4 cm³/mol. The zero-order chi connectivity index (χ0) is 16.0. The van der Waals surface area contributed by atoms with Gasteiger partial charge in [-0.15, -0.1) is 0 Å². The number of hydrogen-bond donors (Lipinski definition) is 0.